The van der Waals surface area contributed by atoms with Gasteiger partial charge in [0.15, 0.2) is 23.0 Å². The largest absolute Gasteiger partial charge is 0.504 e. The van der Waals surface area contributed by atoms with Crippen LogP contribution in [-0.4, -0.2) is 65.0 Å². The number of phenols is 1. The molecular weight excluding hydrogens is 420 g/mol. The van der Waals surface area contributed by atoms with Crippen LogP contribution in [0.4, 0.5) is 0 Å². The monoisotopic (exact) mass is 450 g/mol. The van der Waals surface area contributed by atoms with E-state index in [9.17, 15) is 19.8 Å². The molecule has 0 bridgehead atoms. The second-order valence-electron chi connectivity index (χ2n) is 7.73. The van der Waals surface area contributed by atoms with E-state index in [0.717, 1.165) is 18.7 Å². The molecule has 174 valence electrons. The molecule has 7 heteroatoms. The van der Waals surface area contributed by atoms with E-state index in [-0.39, 0.29) is 17.1 Å². The lowest BCUT2D eigenvalue weighted by Gasteiger charge is -2.29. The molecule has 0 radical (unpaired) electrons. The Bertz CT molecular complexity index is 1060. The van der Waals surface area contributed by atoms with Crippen molar-refractivity contribution in [3.63, 3.8) is 0 Å². The van der Waals surface area contributed by atoms with Crippen LogP contribution in [0, 0.1) is 0 Å². The van der Waals surface area contributed by atoms with Gasteiger partial charge in [-0.25, -0.2) is 0 Å². The zero-order valence-electron chi connectivity index (χ0n) is 19.2. The Balaban J connectivity index is 2.00. The average molecular weight is 451 g/mol. The number of rotatable bonds is 10. The van der Waals surface area contributed by atoms with E-state index in [1.807, 2.05) is 44.2 Å². The molecule has 0 aliphatic carbocycles. The number of hydrogen-bond acceptors (Lipinski definition) is 6. The van der Waals surface area contributed by atoms with Gasteiger partial charge in [-0.1, -0.05) is 56.3 Å². The quantitative estimate of drug-likeness (QED) is 0.536. The minimum atomic E-state index is -0.796. The molecule has 0 saturated heterocycles. The molecule has 33 heavy (non-hydrogen) atoms. The van der Waals surface area contributed by atoms with Crippen LogP contribution in [0.1, 0.15) is 31.0 Å². The Morgan fingerprint density at radius 3 is 2.45 bits per heavy atom. The highest BCUT2D eigenvalue weighted by Crippen LogP contribution is 2.40. The van der Waals surface area contributed by atoms with Crippen LogP contribution in [0.15, 0.2) is 65.9 Å². The molecule has 1 atom stereocenters. The summed E-state index contributed by atoms with van der Waals surface area (Å²) in [5, 5.41) is 20.7. The standard InChI is InChI=1S/C26H30N2O5/c1-4-27(5-2)15-16-28-24(19-12-14-20(29)22(17-19)33-3)23(25(31)26(28)32)21(30)13-11-18-9-7-6-8-10-18/h6-14,17,24,29,31H,4-5,15-16H2,1-3H3/b13-11+/t24-/m0/s1. The maximum absolute atomic E-state index is 13.2. The first-order chi connectivity index (χ1) is 15.9. The van der Waals surface area contributed by atoms with E-state index in [2.05, 4.69) is 4.90 Å². The van der Waals surface area contributed by atoms with Gasteiger partial charge < -0.3 is 24.7 Å². The molecule has 1 aliphatic heterocycles. The van der Waals surface area contributed by atoms with Crippen molar-refractivity contribution in [3.05, 3.63) is 77.1 Å². The third-order valence-electron chi connectivity index (χ3n) is 5.87. The molecule has 7 nitrogen and oxygen atoms in total. The topological polar surface area (TPSA) is 90.3 Å². The number of nitrogens with zero attached hydrogens (tertiary/aromatic N) is 2. The lowest BCUT2D eigenvalue weighted by molar-refractivity contribution is -0.129. The number of ketones is 1. The van der Waals surface area contributed by atoms with E-state index in [4.69, 9.17) is 4.74 Å². The number of amides is 1. The van der Waals surface area contributed by atoms with Crippen LogP contribution in [0.5, 0.6) is 11.5 Å². The predicted octanol–water partition coefficient (Wildman–Crippen LogP) is 3.72. The fraction of sp³-hybridized carbons (Fsp3) is 0.308. The minimum Gasteiger partial charge on any atom is -0.504 e. The normalized spacial score (nSPS) is 16.3. The molecule has 2 aromatic rings. The summed E-state index contributed by atoms with van der Waals surface area (Å²) in [5.74, 6) is -1.41. The van der Waals surface area contributed by atoms with Crippen LogP contribution in [0.3, 0.4) is 0 Å². The van der Waals surface area contributed by atoms with Crippen molar-refractivity contribution in [1.29, 1.82) is 0 Å². The van der Waals surface area contributed by atoms with Gasteiger partial charge in [-0.3, -0.25) is 9.59 Å². The number of benzene rings is 2. The summed E-state index contributed by atoms with van der Waals surface area (Å²) >= 11 is 0. The Morgan fingerprint density at radius 2 is 1.82 bits per heavy atom. The molecule has 2 aromatic carbocycles. The fourth-order valence-corrected chi connectivity index (χ4v) is 3.96. The van der Waals surface area contributed by atoms with Gasteiger partial charge in [0.05, 0.1) is 18.7 Å². The van der Waals surface area contributed by atoms with Crippen molar-refractivity contribution in [2.75, 3.05) is 33.3 Å². The fourth-order valence-electron chi connectivity index (χ4n) is 3.96. The van der Waals surface area contributed by atoms with E-state index >= 15 is 0 Å². The predicted molar refractivity (Wildman–Crippen MR) is 127 cm³/mol. The van der Waals surface area contributed by atoms with Gasteiger partial charge in [-0.05, 0) is 42.4 Å². The number of hydrogen-bond donors (Lipinski definition) is 2. The number of ether oxygens (including phenoxy) is 1. The van der Waals surface area contributed by atoms with Crippen molar-refractivity contribution in [2.45, 2.75) is 19.9 Å². The highest BCUT2D eigenvalue weighted by atomic mass is 16.5. The SMILES string of the molecule is CCN(CC)CCN1C(=O)C(O)=C(C(=O)/C=C/c2ccccc2)[C@@H]1c1ccc(O)c(OC)c1. The van der Waals surface area contributed by atoms with Crippen molar-refractivity contribution in [3.8, 4) is 11.5 Å². The molecule has 0 aromatic heterocycles. The molecule has 0 saturated carbocycles. The molecule has 1 amide bonds. The number of likely N-dealkylation sites (N-methyl/N-ethyl adjacent to an activating group) is 1. The summed E-state index contributed by atoms with van der Waals surface area (Å²) in [6, 6.07) is 13.2. The number of carbonyl (C=O) groups is 2. The summed E-state index contributed by atoms with van der Waals surface area (Å²) in [4.78, 5) is 29.9. The highest BCUT2D eigenvalue weighted by molar-refractivity contribution is 6.14. The first-order valence-electron chi connectivity index (χ1n) is 11.0. The minimum absolute atomic E-state index is 0.0134. The smallest absolute Gasteiger partial charge is 0.290 e. The van der Waals surface area contributed by atoms with Crippen LogP contribution in [0.25, 0.3) is 6.08 Å². The summed E-state index contributed by atoms with van der Waals surface area (Å²) < 4.78 is 5.23. The summed E-state index contributed by atoms with van der Waals surface area (Å²) in [6.45, 7) is 6.65. The number of aromatic hydroxyl groups is 1. The van der Waals surface area contributed by atoms with Gasteiger partial charge >= 0.3 is 0 Å². The van der Waals surface area contributed by atoms with Crippen molar-refractivity contribution < 1.29 is 24.5 Å². The Morgan fingerprint density at radius 1 is 1.12 bits per heavy atom. The number of phenolic OH excluding ortho intramolecular Hbond substituents is 1. The van der Waals surface area contributed by atoms with E-state index in [1.165, 1.54) is 24.2 Å². The third-order valence-corrected chi connectivity index (χ3v) is 5.87. The van der Waals surface area contributed by atoms with Gasteiger partial charge in [0.25, 0.3) is 5.91 Å². The van der Waals surface area contributed by atoms with Crippen molar-refractivity contribution in [1.82, 2.24) is 9.80 Å². The van der Waals surface area contributed by atoms with Crippen LogP contribution < -0.4 is 4.74 Å². The van der Waals surface area contributed by atoms with Gasteiger partial charge in [0.2, 0.25) is 0 Å². The summed E-state index contributed by atoms with van der Waals surface area (Å²) in [6.07, 6.45) is 3.02. The van der Waals surface area contributed by atoms with Crippen LogP contribution in [0.2, 0.25) is 0 Å². The number of aliphatic hydroxyl groups is 1. The molecule has 2 N–H and O–H groups in total. The second-order valence-corrected chi connectivity index (χ2v) is 7.73. The third kappa shape index (κ3) is 5.26. The second kappa shape index (κ2) is 10.8. The molecule has 3 rings (SSSR count). The number of carbonyl (C=O) groups excluding carboxylic acids is 2. The Labute approximate surface area is 194 Å². The van der Waals surface area contributed by atoms with Gasteiger partial charge in [0.1, 0.15) is 0 Å². The number of methoxy groups -OCH3 is 1. The first-order valence-corrected chi connectivity index (χ1v) is 11.0. The highest BCUT2D eigenvalue weighted by Gasteiger charge is 2.43. The maximum Gasteiger partial charge on any atom is 0.290 e. The molecular formula is C26H30N2O5. The molecule has 0 fully saturated rings. The summed E-state index contributed by atoms with van der Waals surface area (Å²) in [5.41, 5.74) is 1.41. The number of aliphatic hydroxyl groups excluding tert-OH is 1. The zero-order chi connectivity index (χ0) is 24.0. The lowest BCUT2D eigenvalue weighted by Crippen LogP contribution is -2.38. The van der Waals surface area contributed by atoms with Crippen LogP contribution >= 0.6 is 0 Å². The van der Waals surface area contributed by atoms with E-state index in [0.29, 0.717) is 18.7 Å². The summed E-state index contributed by atoms with van der Waals surface area (Å²) in [7, 11) is 1.43. The number of allylic oxidation sites excluding steroid dienone is 1. The molecule has 0 unspecified atom stereocenters. The Kier molecular flexibility index (Phi) is 7.90. The van der Waals surface area contributed by atoms with E-state index in [1.54, 1.807) is 18.2 Å². The zero-order valence-corrected chi connectivity index (χ0v) is 19.2. The lowest BCUT2D eigenvalue weighted by atomic mass is 9.95. The van der Waals surface area contributed by atoms with Gasteiger partial charge in [0, 0.05) is 13.1 Å². The molecule has 1 heterocycles. The van der Waals surface area contributed by atoms with E-state index < -0.39 is 23.5 Å². The van der Waals surface area contributed by atoms with Gasteiger partial charge in [-0.2, -0.15) is 0 Å². The maximum atomic E-state index is 13.2. The van der Waals surface area contributed by atoms with Crippen molar-refractivity contribution >= 4 is 17.8 Å². The van der Waals surface area contributed by atoms with Crippen molar-refractivity contribution in [2.24, 2.45) is 0 Å². The average Bonchev–Trinajstić information content (AvgIpc) is 3.09. The van der Waals surface area contributed by atoms with Crippen LogP contribution in [-0.2, 0) is 9.59 Å². The van der Waals surface area contributed by atoms with Gasteiger partial charge in [-0.15, -0.1) is 0 Å². The molecule has 0 spiro atoms. The first kappa shape index (κ1) is 24.1. The Hall–Kier alpha value is -3.58. The molecule has 1 aliphatic rings.